The van der Waals surface area contributed by atoms with Crippen molar-refractivity contribution >= 4 is 23.7 Å². The Morgan fingerprint density at radius 2 is 1.42 bits per heavy atom. The number of carboxylic acids is 1. The van der Waals surface area contributed by atoms with Crippen LogP contribution < -0.4 is 21.7 Å². The standard InChI is InChI=1S/C22H34N4O7/c1-5-11(2)17(25-19(29)12(3)23)20(30)26-18(13(4)27)21(31)24-16(22(32)33)10-14-6-8-15(28)9-7-14/h6-9,11-13,16-18,27-28H,5,10,23H2,1-4H3,(H,24,31)(H,25,29)(H,26,30)(H,32,33). The third-order valence-electron chi connectivity index (χ3n) is 5.26. The van der Waals surface area contributed by atoms with Crippen LogP contribution in [0.25, 0.3) is 0 Å². The molecule has 6 atom stereocenters. The van der Waals surface area contributed by atoms with E-state index < -0.39 is 54.0 Å². The second kappa shape index (κ2) is 12.8. The van der Waals surface area contributed by atoms with Crippen LogP contribution in [0.15, 0.2) is 24.3 Å². The Balaban J connectivity index is 2.98. The van der Waals surface area contributed by atoms with Gasteiger partial charge in [-0.05, 0) is 37.5 Å². The molecule has 0 aliphatic rings. The second-order valence-corrected chi connectivity index (χ2v) is 8.16. The molecule has 0 heterocycles. The maximum Gasteiger partial charge on any atom is 0.326 e. The van der Waals surface area contributed by atoms with Crippen molar-refractivity contribution in [2.75, 3.05) is 0 Å². The molecule has 11 nitrogen and oxygen atoms in total. The number of benzene rings is 1. The summed E-state index contributed by atoms with van der Waals surface area (Å²) in [6, 6.07) is 1.15. The molecule has 0 saturated carbocycles. The summed E-state index contributed by atoms with van der Waals surface area (Å²) < 4.78 is 0. The van der Waals surface area contributed by atoms with Crippen LogP contribution >= 0.6 is 0 Å². The summed E-state index contributed by atoms with van der Waals surface area (Å²) in [6.45, 7) is 6.30. The van der Waals surface area contributed by atoms with E-state index in [0.29, 0.717) is 12.0 Å². The van der Waals surface area contributed by atoms with Gasteiger partial charge in [0.25, 0.3) is 0 Å². The quantitative estimate of drug-likeness (QED) is 0.209. The van der Waals surface area contributed by atoms with Crippen LogP contribution in [0.3, 0.4) is 0 Å². The largest absolute Gasteiger partial charge is 0.508 e. The summed E-state index contributed by atoms with van der Waals surface area (Å²) in [5.74, 6) is -3.75. The van der Waals surface area contributed by atoms with Gasteiger partial charge in [0.05, 0.1) is 12.1 Å². The van der Waals surface area contributed by atoms with E-state index in [1.165, 1.54) is 38.1 Å². The van der Waals surface area contributed by atoms with E-state index in [0.717, 1.165) is 0 Å². The van der Waals surface area contributed by atoms with Crippen LogP contribution in [0, 0.1) is 5.92 Å². The summed E-state index contributed by atoms with van der Waals surface area (Å²) in [7, 11) is 0. The van der Waals surface area contributed by atoms with E-state index in [9.17, 15) is 34.5 Å². The van der Waals surface area contributed by atoms with Gasteiger partial charge in [0.2, 0.25) is 17.7 Å². The number of aliphatic carboxylic acids is 1. The predicted octanol–water partition coefficient (Wildman–Crippen LogP) is -0.752. The SMILES string of the molecule is CCC(C)C(NC(=O)C(C)N)C(=O)NC(C(=O)NC(Cc1ccc(O)cc1)C(=O)O)C(C)O. The molecular formula is C22H34N4O7. The van der Waals surface area contributed by atoms with Gasteiger partial charge >= 0.3 is 5.97 Å². The molecule has 1 aromatic rings. The Labute approximate surface area is 192 Å². The highest BCUT2D eigenvalue weighted by Crippen LogP contribution is 2.12. The first-order valence-electron chi connectivity index (χ1n) is 10.7. The maximum absolute atomic E-state index is 12.9. The van der Waals surface area contributed by atoms with E-state index in [4.69, 9.17) is 5.73 Å². The smallest absolute Gasteiger partial charge is 0.326 e. The van der Waals surface area contributed by atoms with Crippen molar-refractivity contribution in [1.29, 1.82) is 0 Å². The van der Waals surface area contributed by atoms with Crippen molar-refractivity contribution in [3.8, 4) is 5.75 Å². The summed E-state index contributed by atoms with van der Waals surface area (Å²) in [6.07, 6.45) is -0.892. The van der Waals surface area contributed by atoms with E-state index >= 15 is 0 Å². The first-order valence-corrected chi connectivity index (χ1v) is 10.7. The fourth-order valence-electron chi connectivity index (χ4n) is 2.96. The van der Waals surface area contributed by atoms with E-state index in [-0.39, 0.29) is 18.1 Å². The van der Waals surface area contributed by atoms with Gasteiger partial charge in [-0.3, -0.25) is 14.4 Å². The fourth-order valence-corrected chi connectivity index (χ4v) is 2.96. The van der Waals surface area contributed by atoms with Gasteiger partial charge < -0.3 is 37.0 Å². The number of aliphatic hydroxyl groups excluding tert-OH is 1. The van der Waals surface area contributed by atoms with Crippen LogP contribution in [-0.4, -0.2) is 69.3 Å². The lowest BCUT2D eigenvalue weighted by Crippen LogP contribution is -2.61. The maximum atomic E-state index is 12.9. The zero-order chi connectivity index (χ0) is 25.3. The van der Waals surface area contributed by atoms with Crippen LogP contribution in [0.1, 0.15) is 39.7 Å². The molecule has 11 heteroatoms. The van der Waals surface area contributed by atoms with Gasteiger partial charge in [-0.15, -0.1) is 0 Å². The summed E-state index contributed by atoms with van der Waals surface area (Å²) >= 11 is 0. The molecule has 1 rings (SSSR count). The number of rotatable bonds is 12. The lowest BCUT2D eigenvalue weighted by atomic mass is 9.97. The van der Waals surface area contributed by atoms with Crippen molar-refractivity contribution in [2.45, 2.75) is 70.8 Å². The van der Waals surface area contributed by atoms with E-state index in [1.54, 1.807) is 6.92 Å². The molecule has 0 bridgehead atoms. The number of nitrogens with one attached hydrogen (secondary N) is 3. The first-order chi connectivity index (χ1) is 15.4. The van der Waals surface area contributed by atoms with Crippen LogP contribution in [-0.2, 0) is 25.6 Å². The number of phenolic OH excluding ortho intramolecular Hbond substituents is 1. The second-order valence-electron chi connectivity index (χ2n) is 8.16. The van der Waals surface area contributed by atoms with Gasteiger partial charge in [-0.1, -0.05) is 32.4 Å². The van der Waals surface area contributed by atoms with Gasteiger partial charge in [-0.25, -0.2) is 4.79 Å². The number of nitrogens with two attached hydrogens (primary N) is 1. The van der Waals surface area contributed by atoms with Crippen molar-refractivity contribution in [1.82, 2.24) is 16.0 Å². The normalized spacial score (nSPS) is 16.4. The molecule has 8 N–H and O–H groups in total. The Kier molecular flexibility index (Phi) is 10.8. The molecule has 6 unspecified atom stereocenters. The number of carbonyl (C=O) groups excluding carboxylic acids is 3. The minimum atomic E-state index is -1.46. The molecule has 0 radical (unpaired) electrons. The Bertz CT molecular complexity index is 827. The highest BCUT2D eigenvalue weighted by molar-refractivity contribution is 5.94. The molecule has 184 valence electrons. The van der Waals surface area contributed by atoms with Gasteiger partial charge in [0, 0.05) is 6.42 Å². The van der Waals surface area contributed by atoms with Crippen molar-refractivity contribution in [3.63, 3.8) is 0 Å². The molecule has 0 saturated heterocycles. The number of carboxylic acid groups (broad SMARTS) is 1. The number of hydrogen-bond acceptors (Lipinski definition) is 7. The number of phenols is 1. The molecule has 1 aromatic carbocycles. The lowest BCUT2D eigenvalue weighted by Gasteiger charge is -2.28. The monoisotopic (exact) mass is 466 g/mol. The molecule has 33 heavy (non-hydrogen) atoms. The van der Waals surface area contributed by atoms with E-state index in [2.05, 4.69) is 16.0 Å². The average Bonchev–Trinajstić information content (AvgIpc) is 2.75. The Morgan fingerprint density at radius 1 is 0.909 bits per heavy atom. The summed E-state index contributed by atoms with van der Waals surface area (Å²) in [5, 5.41) is 36.2. The average molecular weight is 467 g/mol. The van der Waals surface area contributed by atoms with Crippen molar-refractivity contribution in [2.24, 2.45) is 11.7 Å². The third kappa shape index (κ3) is 8.70. The molecular weight excluding hydrogens is 432 g/mol. The van der Waals surface area contributed by atoms with E-state index in [1.807, 2.05) is 6.92 Å². The fraction of sp³-hybridized carbons (Fsp3) is 0.545. The minimum Gasteiger partial charge on any atom is -0.508 e. The number of amides is 3. The summed E-state index contributed by atoms with van der Waals surface area (Å²) in [4.78, 5) is 49.3. The first kappa shape index (κ1) is 27.9. The molecule has 0 aromatic heterocycles. The Hall–Kier alpha value is -3.18. The number of aromatic hydroxyl groups is 1. The zero-order valence-corrected chi connectivity index (χ0v) is 19.2. The number of carbonyl (C=O) groups is 4. The summed E-state index contributed by atoms with van der Waals surface area (Å²) in [5.41, 5.74) is 6.11. The lowest BCUT2D eigenvalue weighted by molar-refractivity contribution is -0.143. The minimum absolute atomic E-state index is 0.0125. The number of aliphatic hydroxyl groups is 1. The third-order valence-corrected chi connectivity index (χ3v) is 5.26. The Morgan fingerprint density at radius 3 is 1.88 bits per heavy atom. The van der Waals surface area contributed by atoms with Crippen LogP contribution in [0.5, 0.6) is 5.75 Å². The predicted molar refractivity (Wildman–Crippen MR) is 120 cm³/mol. The van der Waals surface area contributed by atoms with Gasteiger partial charge in [-0.2, -0.15) is 0 Å². The topological polar surface area (TPSA) is 191 Å². The number of hydrogen-bond donors (Lipinski definition) is 7. The molecule has 0 aliphatic heterocycles. The van der Waals surface area contributed by atoms with Crippen molar-refractivity contribution < 1.29 is 34.5 Å². The highest BCUT2D eigenvalue weighted by atomic mass is 16.4. The van der Waals surface area contributed by atoms with Gasteiger partial charge in [0.1, 0.15) is 23.9 Å². The molecule has 0 spiro atoms. The molecule has 0 fully saturated rings. The molecule has 3 amide bonds. The zero-order valence-electron chi connectivity index (χ0n) is 19.2. The van der Waals surface area contributed by atoms with Gasteiger partial charge in [0.15, 0.2) is 0 Å². The molecule has 0 aliphatic carbocycles. The highest BCUT2D eigenvalue weighted by Gasteiger charge is 2.34. The van der Waals surface area contributed by atoms with Crippen LogP contribution in [0.2, 0.25) is 0 Å². The van der Waals surface area contributed by atoms with Crippen molar-refractivity contribution in [3.05, 3.63) is 29.8 Å². The van der Waals surface area contributed by atoms with Crippen LogP contribution in [0.4, 0.5) is 0 Å².